The fraction of sp³-hybridized carbons (Fsp3) is 0.500. The summed E-state index contributed by atoms with van der Waals surface area (Å²) in [6.45, 7) is 5.47. The molecule has 3 saturated heterocycles. The van der Waals surface area contributed by atoms with Crippen molar-refractivity contribution in [2.75, 3.05) is 39.3 Å². The van der Waals surface area contributed by atoms with Gasteiger partial charge in [0.05, 0.1) is 15.7 Å². The summed E-state index contributed by atoms with van der Waals surface area (Å²) in [7, 11) is 0. The molecule has 3 fully saturated rings. The average Bonchev–Trinajstić information content (AvgIpc) is 3.62. The number of likely N-dealkylation sites (tertiary alicyclic amines) is 3. The number of thiophene rings is 1. The lowest BCUT2D eigenvalue weighted by atomic mass is 9.77. The van der Waals surface area contributed by atoms with E-state index in [4.69, 9.17) is 0 Å². The fourth-order valence-electron chi connectivity index (χ4n) is 5.83. The van der Waals surface area contributed by atoms with Crippen molar-refractivity contribution in [1.82, 2.24) is 14.7 Å². The zero-order valence-electron chi connectivity index (χ0n) is 20.8. The van der Waals surface area contributed by atoms with E-state index in [-0.39, 0.29) is 34.8 Å². The normalized spacial score (nSPS) is 21.4. The Morgan fingerprint density at radius 1 is 0.944 bits per heavy atom. The van der Waals surface area contributed by atoms with Crippen LogP contribution in [0.25, 0.3) is 0 Å². The van der Waals surface area contributed by atoms with E-state index in [0.717, 1.165) is 38.8 Å². The maximum absolute atomic E-state index is 13.3. The Hall–Kier alpha value is -3.00. The summed E-state index contributed by atoms with van der Waals surface area (Å²) in [4.78, 5) is 57.3. The largest absolute Gasteiger partial charge is 0.342 e. The highest BCUT2D eigenvalue weighted by Crippen LogP contribution is 2.41. The molecule has 1 spiro atoms. The number of hydrogen-bond donors (Lipinski definition) is 0. The van der Waals surface area contributed by atoms with Crippen LogP contribution in [0.1, 0.15) is 57.5 Å². The van der Waals surface area contributed by atoms with Gasteiger partial charge in [0.25, 0.3) is 5.91 Å². The summed E-state index contributed by atoms with van der Waals surface area (Å²) >= 11 is 1.26. The molecule has 5 rings (SSSR count). The molecule has 4 heterocycles. The molecular formula is C28H33N3O4S. The number of Topliss-reactive ketones (excluding diaryl/α,β-unsaturated/α-hetero) is 1. The van der Waals surface area contributed by atoms with Crippen LogP contribution in [0.5, 0.6) is 0 Å². The van der Waals surface area contributed by atoms with Gasteiger partial charge in [-0.15, -0.1) is 11.3 Å². The van der Waals surface area contributed by atoms with Crippen LogP contribution in [0.2, 0.25) is 0 Å². The Labute approximate surface area is 216 Å². The van der Waals surface area contributed by atoms with Crippen LogP contribution in [0.3, 0.4) is 0 Å². The zero-order valence-corrected chi connectivity index (χ0v) is 21.6. The molecule has 2 aromatic rings. The van der Waals surface area contributed by atoms with E-state index in [1.807, 2.05) is 32.9 Å². The van der Waals surface area contributed by atoms with Crippen LogP contribution in [0, 0.1) is 11.3 Å². The summed E-state index contributed by atoms with van der Waals surface area (Å²) < 4.78 is 0. The molecule has 0 saturated carbocycles. The highest BCUT2D eigenvalue weighted by Gasteiger charge is 2.45. The van der Waals surface area contributed by atoms with Crippen LogP contribution in [-0.4, -0.2) is 77.5 Å². The highest BCUT2D eigenvalue weighted by molar-refractivity contribution is 7.15. The van der Waals surface area contributed by atoms with Crippen molar-refractivity contribution in [3.63, 3.8) is 0 Å². The molecule has 0 N–H and O–H groups in total. The van der Waals surface area contributed by atoms with Gasteiger partial charge in [-0.3, -0.25) is 19.2 Å². The Morgan fingerprint density at radius 2 is 1.61 bits per heavy atom. The van der Waals surface area contributed by atoms with Crippen molar-refractivity contribution in [3.05, 3.63) is 57.8 Å². The lowest BCUT2D eigenvalue weighted by Gasteiger charge is -2.39. The van der Waals surface area contributed by atoms with Crippen LogP contribution in [0.4, 0.5) is 0 Å². The molecule has 0 bridgehead atoms. The van der Waals surface area contributed by atoms with Gasteiger partial charge >= 0.3 is 0 Å². The van der Waals surface area contributed by atoms with Crippen molar-refractivity contribution >= 4 is 34.8 Å². The molecule has 190 valence electrons. The molecule has 1 atom stereocenters. The Morgan fingerprint density at radius 3 is 2.28 bits per heavy atom. The van der Waals surface area contributed by atoms with Crippen LogP contribution < -0.4 is 0 Å². The number of benzene rings is 1. The third-order valence-electron chi connectivity index (χ3n) is 8.10. The number of ketones is 1. The summed E-state index contributed by atoms with van der Waals surface area (Å²) in [6.07, 6.45) is 3.81. The van der Waals surface area contributed by atoms with Gasteiger partial charge in [0.15, 0.2) is 5.78 Å². The third kappa shape index (κ3) is 5.09. The lowest BCUT2D eigenvalue weighted by molar-refractivity contribution is -0.135. The molecule has 3 aliphatic rings. The maximum atomic E-state index is 13.3. The van der Waals surface area contributed by atoms with E-state index in [1.54, 1.807) is 12.1 Å². The highest BCUT2D eigenvalue weighted by atomic mass is 32.1. The fourth-order valence-corrected chi connectivity index (χ4v) is 6.70. The molecule has 0 aliphatic carbocycles. The topological polar surface area (TPSA) is 78.0 Å². The van der Waals surface area contributed by atoms with E-state index in [2.05, 4.69) is 12.1 Å². The minimum atomic E-state index is -0.251. The van der Waals surface area contributed by atoms with Crippen molar-refractivity contribution in [2.45, 2.75) is 39.0 Å². The average molecular weight is 508 g/mol. The number of rotatable bonds is 6. The molecular weight excluding hydrogens is 474 g/mol. The summed E-state index contributed by atoms with van der Waals surface area (Å²) in [6, 6.07) is 13.6. The van der Waals surface area contributed by atoms with Crippen molar-refractivity contribution in [2.24, 2.45) is 11.3 Å². The molecule has 1 aromatic heterocycles. The van der Waals surface area contributed by atoms with Gasteiger partial charge in [-0.25, -0.2) is 0 Å². The van der Waals surface area contributed by atoms with Gasteiger partial charge < -0.3 is 14.7 Å². The van der Waals surface area contributed by atoms with Gasteiger partial charge in [0.1, 0.15) is 0 Å². The lowest BCUT2D eigenvalue weighted by Crippen LogP contribution is -2.45. The van der Waals surface area contributed by atoms with Crippen LogP contribution >= 0.6 is 11.3 Å². The predicted octanol–water partition coefficient (Wildman–Crippen LogP) is 3.50. The summed E-state index contributed by atoms with van der Waals surface area (Å²) in [5.74, 6) is -0.0915. The Bertz CT molecular complexity index is 1150. The minimum absolute atomic E-state index is 0.00617. The third-order valence-corrected chi connectivity index (χ3v) is 9.28. The number of nitrogens with zero attached hydrogens (tertiary/aromatic N) is 3. The zero-order chi connectivity index (χ0) is 25.3. The monoisotopic (exact) mass is 507 g/mol. The first-order valence-corrected chi connectivity index (χ1v) is 13.7. The van der Waals surface area contributed by atoms with Crippen molar-refractivity contribution < 1.29 is 19.2 Å². The second kappa shape index (κ2) is 10.2. The molecule has 3 aliphatic heterocycles. The first-order chi connectivity index (χ1) is 17.3. The first-order valence-electron chi connectivity index (χ1n) is 12.8. The molecule has 3 amide bonds. The SMILES string of the molecule is CC(=O)c1ccc(C(=O)N2CCC3(CC2)CCN(C(=O)C2CC(=O)N(CCc4ccccc4)C2)C3)s1. The Kier molecular flexibility index (Phi) is 6.97. The van der Waals surface area contributed by atoms with Gasteiger partial charge in [-0.2, -0.15) is 0 Å². The van der Waals surface area contributed by atoms with E-state index < -0.39 is 0 Å². The van der Waals surface area contributed by atoms with E-state index in [9.17, 15) is 19.2 Å². The van der Waals surface area contributed by atoms with Gasteiger partial charge in [-0.05, 0) is 55.7 Å². The number of piperidine rings is 1. The summed E-state index contributed by atoms with van der Waals surface area (Å²) in [5.41, 5.74) is 1.26. The van der Waals surface area contributed by atoms with Crippen molar-refractivity contribution in [1.29, 1.82) is 0 Å². The summed E-state index contributed by atoms with van der Waals surface area (Å²) in [5, 5.41) is 0. The maximum Gasteiger partial charge on any atom is 0.263 e. The van der Waals surface area contributed by atoms with E-state index in [0.29, 0.717) is 42.4 Å². The molecule has 8 heteroatoms. The van der Waals surface area contributed by atoms with Crippen molar-refractivity contribution in [3.8, 4) is 0 Å². The molecule has 1 unspecified atom stereocenters. The number of amides is 3. The minimum Gasteiger partial charge on any atom is -0.342 e. The van der Waals surface area contributed by atoms with Gasteiger partial charge in [0, 0.05) is 45.7 Å². The predicted molar refractivity (Wildman–Crippen MR) is 138 cm³/mol. The molecule has 36 heavy (non-hydrogen) atoms. The number of carbonyl (C=O) groups is 4. The number of carbonyl (C=O) groups excluding carboxylic acids is 4. The van der Waals surface area contributed by atoms with Crippen LogP contribution in [-0.2, 0) is 16.0 Å². The molecule has 0 radical (unpaired) electrons. The number of hydrogen-bond acceptors (Lipinski definition) is 5. The van der Waals surface area contributed by atoms with E-state index in [1.165, 1.54) is 23.8 Å². The van der Waals surface area contributed by atoms with E-state index >= 15 is 0 Å². The molecule has 7 nitrogen and oxygen atoms in total. The second-order valence-electron chi connectivity index (χ2n) is 10.5. The molecule has 1 aromatic carbocycles. The Balaban J connectivity index is 1.12. The quantitative estimate of drug-likeness (QED) is 0.561. The second-order valence-corrected chi connectivity index (χ2v) is 11.6. The standard InChI is InChI=1S/C28H33N3O4S/c1-20(32)23-7-8-24(36-23)27(35)29-14-10-28(11-15-29)12-16-31(19-28)26(34)22-17-25(33)30(18-22)13-9-21-5-3-2-4-6-21/h2-8,22H,9-19H2,1H3. The van der Waals surface area contributed by atoms with Gasteiger partial charge in [0.2, 0.25) is 11.8 Å². The smallest absolute Gasteiger partial charge is 0.263 e. The van der Waals surface area contributed by atoms with Crippen LogP contribution in [0.15, 0.2) is 42.5 Å². The first kappa shape index (κ1) is 24.7. The van der Waals surface area contributed by atoms with Gasteiger partial charge in [-0.1, -0.05) is 30.3 Å².